The van der Waals surface area contributed by atoms with Gasteiger partial charge in [-0.05, 0) is 61.3 Å². The SMILES string of the molecule is COc1ccc2c(-c3ccc(OCCN4CCCCC4)cc3)c(-c3ccccc3)c(=O)oc2c1. The predicted octanol–water partition coefficient (Wildman–Crippen LogP) is 6.00. The fraction of sp³-hybridized carbons (Fsp3) is 0.276. The van der Waals surface area contributed by atoms with Crippen LogP contribution in [0.5, 0.6) is 11.5 Å². The third-order valence-corrected chi connectivity index (χ3v) is 6.45. The fourth-order valence-corrected chi connectivity index (χ4v) is 4.67. The highest BCUT2D eigenvalue weighted by Crippen LogP contribution is 2.37. The molecule has 0 radical (unpaired) electrons. The van der Waals surface area contributed by atoms with Crippen molar-refractivity contribution < 1.29 is 13.9 Å². The summed E-state index contributed by atoms with van der Waals surface area (Å²) >= 11 is 0. The van der Waals surface area contributed by atoms with Crippen molar-refractivity contribution in [1.29, 1.82) is 0 Å². The minimum Gasteiger partial charge on any atom is -0.497 e. The highest BCUT2D eigenvalue weighted by Gasteiger charge is 2.18. The normalized spacial score (nSPS) is 14.3. The largest absolute Gasteiger partial charge is 0.497 e. The first-order chi connectivity index (χ1) is 16.7. The molecule has 0 amide bonds. The first-order valence-corrected chi connectivity index (χ1v) is 11.9. The number of benzene rings is 3. The number of nitrogens with zero attached hydrogens (tertiary/aromatic N) is 1. The van der Waals surface area contributed by atoms with Crippen molar-refractivity contribution >= 4 is 11.0 Å². The number of ether oxygens (including phenoxy) is 2. The van der Waals surface area contributed by atoms with E-state index in [2.05, 4.69) is 4.90 Å². The van der Waals surface area contributed by atoms with Gasteiger partial charge in [-0.2, -0.15) is 0 Å². The molecule has 2 heterocycles. The Morgan fingerprint density at radius 3 is 2.26 bits per heavy atom. The summed E-state index contributed by atoms with van der Waals surface area (Å²) in [6.45, 7) is 3.95. The van der Waals surface area contributed by atoms with Gasteiger partial charge in [0.05, 0.1) is 12.7 Å². The summed E-state index contributed by atoms with van der Waals surface area (Å²) in [5, 5.41) is 0.859. The zero-order valence-electron chi connectivity index (χ0n) is 19.5. The maximum Gasteiger partial charge on any atom is 0.344 e. The number of fused-ring (bicyclic) bond motifs is 1. The molecule has 174 valence electrons. The zero-order valence-corrected chi connectivity index (χ0v) is 19.5. The number of methoxy groups -OCH3 is 1. The summed E-state index contributed by atoms with van der Waals surface area (Å²) < 4.78 is 17.1. The first-order valence-electron chi connectivity index (χ1n) is 11.9. The van der Waals surface area contributed by atoms with E-state index in [1.165, 1.54) is 32.4 Å². The van der Waals surface area contributed by atoms with Crippen LogP contribution in [0, 0.1) is 0 Å². The van der Waals surface area contributed by atoms with Crippen molar-refractivity contribution in [2.45, 2.75) is 19.3 Å². The molecule has 0 unspecified atom stereocenters. The number of hydrogen-bond acceptors (Lipinski definition) is 5. The second-order valence-corrected chi connectivity index (χ2v) is 8.64. The van der Waals surface area contributed by atoms with Gasteiger partial charge >= 0.3 is 5.63 Å². The molecule has 1 aliphatic heterocycles. The molecule has 1 aliphatic rings. The average molecular weight is 456 g/mol. The Hall–Kier alpha value is -3.57. The average Bonchev–Trinajstić information content (AvgIpc) is 2.89. The van der Waals surface area contributed by atoms with E-state index in [0.717, 1.165) is 34.4 Å². The molecule has 0 aliphatic carbocycles. The van der Waals surface area contributed by atoms with Gasteiger partial charge in [-0.3, -0.25) is 4.90 Å². The van der Waals surface area contributed by atoms with Crippen LogP contribution in [-0.4, -0.2) is 38.3 Å². The van der Waals surface area contributed by atoms with Gasteiger partial charge in [0.2, 0.25) is 0 Å². The van der Waals surface area contributed by atoms with Crippen LogP contribution in [0.4, 0.5) is 0 Å². The summed E-state index contributed by atoms with van der Waals surface area (Å²) in [7, 11) is 1.60. The van der Waals surface area contributed by atoms with Crippen LogP contribution < -0.4 is 15.1 Å². The van der Waals surface area contributed by atoms with Crippen LogP contribution >= 0.6 is 0 Å². The Morgan fingerprint density at radius 2 is 1.53 bits per heavy atom. The third kappa shape index (κ3) is 4.70. The molecule has 5 rings (SSSR count). The van der Waals surface area contributed by atoms with Gasteiger partial charge < -0.3 is 13.9 Å². The molecule has 0 bridgehead atoms. The lowest BCUT2D eigenvalue weighted by molar-refractivity contribution is 0.183. The fourth-order valence-electron chi connectivity index (χ4n) is 4.67. The van der Waals surface area contributed by atoms with Crippen LogP contribution in [-0.2, 0) is 0 Å². The minimum atomic E-state index is -0.371. The summed E-state index contributed by atoms with van der Waals surface area (Å²) in [6, 6.07) is 23.2. The van der Waals surface area contributed by atoms with E-state index in [-0.39, 0.29) is 5.63 Å². The maximum absolute atomic E-state index is 13.1. The van der Waals surface area contributed by atoms with Gasteiger partial charge in [0.15, 0.2) is 0 Å². The third-order valence-electron chi connectivity index (χ3n) is 6.45. The summed E-state index contributed by atoms with van der Waals surface area (Å²) in [5.41, 5.74) is 3.29. The molecular weight excluding hydrogens is 426 g/mol. The van der Waals surface area contributed by atoms with Crippen molar-refractivity contribution in [3.63, 3.8) is 0 Å². The molecule has 5 heteroatoms. The molecule has 0 N–H and O–H groups in total. The van der Waals surface area contributed by atoms with Crippen LogP contribution in [0.2, 0.25) is 0 Å². The van der Waals surface area contributed by atoms with Gasteiger partial charge in [0.25, 0.3) is 0 Å². The number of likely N-dealkylation sites (tertiary alicyclic amines) is 1. The molecule has 1 fully saturated rings. The molecule has 34 heavy (non-hydrogen) atoms. The molecule has 4 aromatic rings. The molecule has 0 spiro atoms. The molecule has 5 nitrogen and oxygen atoms in total. The van der Waals surface area contributed by atoms with E-state index < -0.39 is 0 Å². The highest BCUT2D eigenvalue weighted by molar-refractivity contribution is 6.01. The molecule has 1 saturated heterocycles. The van der Waals surface area contributed by atoms with Gasteiger partial charge in [0.1, 0.15) is 23.7 Å². The van der Waals surface area contributed by atoms with Gasteiger partial charge in [-0.25, -0.2) is 4.79 Å². The van der Waals surface area contributed by atoms with Crippen molar-refractivity contribution in [2.24, 2.45) is 0 Å². The van der Waals surface area contributed by atoms with Gasteiger partial charge in [-0.15, -0.1) is 0 Å². The Balaban J connectivity index is 1.49. The molecule has 0 saturated carbocycles. The summed E-state index contributed by atoms with van der Waals surface area (Å²) in [5.74, 6) is 1.47. The Bertz CT molecular complexity index is 1310. The second-order valence-electron chi connectivity index (χ2n) is 8.64. The number of hydrogen-bond donors (Lipinski definition) is 0. The van der Waals surface area contributed by atoms with E-state index in [1.807, 2.05) is 66.7 Å². The number of rotatable bonds is 7. The Morgan fingerprint density at radius 1 is 0.824 bits per heavy atom. The van der Waals surface area contributed by atoms with Crippen molar-refractivity contribution in [3.05, 3.63) is 83.2 Å². The minimum absolute atomic E-state index is 0.371. The van der Waals surface area contributed by atoms with Crippen molar-refractivity contribution in [1.82, 2.24) is 4.90 Å². The van der Waals surface area contributed by atoms with E-state index >= 15 is 0 Å². The molecule has 0 atom stereocenters. The second kappa shape index (κ2) is 10.1. The maximum atomic E-state index is 13.1. The lowest BCUT2D eigenvalue weighted by Crippen LogP contribution is -2.33. The zero-order chi connectivity index (χ0) is 23.3. The van der Waals surface area contributed by atoms with Gasteiger partial charge in [0, 0.05) is 23.6 Å². The quantitative estimate of drug-likeness (QED) is 0.320. The van der Waals surface area contributed by atoms with Crippen LogP contribution in [0.1, 0.15) is 19.3 Å². The van der Waals surface area contributed by atoms with Crippen LogP contribution in [0.15, 0.2) is 82.0 Å². The standard InChI is InChI=1S/C29H29NO4/c1-32-24-14-15-25-26(20-24)34-29(31)28(21-8-4-2-5-9-21)27(25)22-10-12-23(13-11-22)33-19-18-30-16-6-3-7-17-30/h2,4-5,8-15,20H,3,6-7,16-19H2,1H3. The first kappa shape index (κ1) is 22.2. The highest BCUT2D eigenvalue weighted by atomic mass is 16.5. The summed E-state index contributed by atoms with van der Waals surface area (Å²) in [6.07, 6.45) is 3.90. The summed E-state index contributed by atoms with van der Waals surface area (Å²) in [4.78, 5) is 15.6. The lowest BCUT2D eigenvalue weighted by Gasteiger charge is -2.26. The van der Waals surface area contributed by atoms with E-state index in [0.29, 0.717) is 23.5 Å². The molecule has 1 aromatic heterocycles. The van der Waals surface area contributed by atoms with Crippen molar-refractivity contribution in [3.8, 4) is 33.8 Å². The van der Waals surface area contributed by atoms with Crippen molar-refractivity contribution in [2.75, 3.05) is 33.4 Å². The lowest BCUT2D eigenvalue weighted by atomic mass is 9.93. The predicted molar refractivity (Wildman–Crippen MR) is 136 cm³/mol. The van der Waals surface area contributed by atoms with Crippen LogP contribution in [0.25, 0.3) is 33.2 Å². The monoisotopic (exact) mass is 455 g/mol. The topological polar surface area (TPSA) is 51.9 Å². The molecular formula is C29H29NO4. The van der Waals surface area contributed by atoms with E-state index in [4.69, 9.17) is 13.9 Å². The smallest absolute Gasteiger partial charge is 0.344 e. The Labute approximate surface area is 199 Å². The van der Waals surface area contributed by atoms with Gasteiger partial charge in [-0.1, -0.05) is 48.9 Å². The van der Waals surface area contributed by atoms with E-state index in [1.54, 1.807) is 13.2 Å². The molecule has 3 aromatic carbocycles. The van der Waals surface area contributed by atoms with E-state index in [9.17, 15) is 4.79 Å². The Kier molecular flexibility index (Phi) is 6.63. The van der Waals surface area contributed by atoms with Crippen LogP contribution in [0.3, 0.4) is 0 Å². The number of piperidine rings is 1.